The molecule has 0 spiro atoms. The first-order valence-electron chi connectivity index (χ1n) is 7.41. The van der Waals surface area contributed by atoms with Crippen molar-refractivity contribution in [1.82, 2.24) is 0 Å². The van der Waals surface area contributed by atoms with Gasteiger partial charge in [-0.1, -0.05) is 49.7 Å². The highest BCUT2D eigenvalue weighted by molar-refractivity contribution is 6.32. The minimum Gasteiger partial charge on any atom is -0.456 e. The molecule has 0 aliphatic carbocycles. The summed E-state index contributed by atoms with van der Waals surface area (Å²) in [5.41, 5.74) is 7.91. The van der Waals surface area contributed by atoms with Gasteiger partial charge in [0.2, 0.25) is 0 Å². The van der Waals surface area contributed by atoms with Gasteiger partial charge in [-0.2, -0.15) is 0 Å². The first-order chi connectivity index (χ1) is 10.2. The zero-order chi connectivity index (χ0) is 15.2. The Labute approximate surface area is 131 Å². The number of para-hydroxylation sites is 1. The normalized spacial score (nSPS) is 12.2. The van der Waals surface area contributed by atoms with Gasteiger partial charge >= 0.3 is 0 Å². The van der Waals surface area contributed by atoms with Crippen LogP contribution in [-0.4, -0.2) is 6.54 Å². The lowest BCUT2D eigenvalue weighted by Crippen LogP contribution is -2.02. The third-order valence-electron chi connectivity index (χ3n) is 3.71. The molecule has 0 heterocycles. The van der Waals surface area contributed by atoms with Crippen LogP contribution in [0, 0.1) is 0 Å². The summed E-state index contributed by atoms with van der Waals surface area (Å²) in [7, 11) is 0. The molecular weight excluding hydrogens is 282 g/mol. The molecular formula is C18H22ClNO. The van der Waals surface area contributed by atoms with Crippen LogP contribution in [-0.2, 0) is 6.42 Å². The highest BCUT2D eigenvalue weighted by atomic mass is 35.5. The Balaban J connectivity index is 2.26. The van der Waals surface area contributed by atoms with Gasteiger partial charge in [0.05, 0.1) is 5.02 Å². The maximum Gasteiger partial charge on any atom is 0.146 e. The lowest BCUT2D eigenvalue weighted by Gasteiger charge is -2.16. The van der Waals surface area contributed by atoms with Crippen molar-refractivity contribution in [3.05, 3.63) is 58.6 Å². The molecule has 0 aromatic heterocycles. The van der Waals surface area contributed by atoms with Crippen LogP contribution in [0.1, 0.15) is 37.3 Å². The van der Waals surface area contributed by atoms with Gasteiger partial charge in [0.15, 0.2) is 0 Å². The Morgan fingerprint density at radius 1 is 1.14 bits per heavy atom. The summed E-state index contributed by atoms with van der Waals surface area (Å²) < 4.78 is 6.03. The van der Waals surface area contributed by atoms with Crippen molar-refractivity contribution in [3.63, 3.8) is 0 Å². The van der Waals surface area contributed by atoms with Gasteiger partial charge in [0.25, 0.3) is 0 Å². The number of nitrogens with two attached hydrogens (primary N) is 1. The molecule has 3 heteroatoms. The van der Waals surface area contributed by atoms with E-state index in [-0.39, 0.29) is 0 Å². The summed E-state index contributed by atoms with van der Waals surface area (Å²) in [6, 6.07) is 14.0. The molecule has 2 aromatic carbocycles. The largest absolute Gasteiger partial charge is 0.456 e. The first kappa shape index (κ1) is 15.9. The molecule has 0 amide bonds. The first-order valence-corrected chi connectivity index (χ1v) is 7.78. The highest BCUT2D eigenvalue weighted by Crippen LogP contribution is 2.35. The predicted molar refractivity (Wildman–Crippen MR) is 89.4 cm³/mol. The van der Waals surface area contributed by atoms with Crippen molar-refractivity contribution < 1.29 is 4.74 Å². The molecule has 0 radical (unpaired) electrons. The maximum atomic E-state index is 6.32. The van der Waals surface area contributed by atoms with E-state index in [9.17, 15) is 0 Å². The Bertz CT molecular complexity index is 598. The summed E-state index contributed by atoms with van der Waals surface area (Å²) in [4.78, 5) is 0. The van der Waals surface area contributed by atoms with Crippen LogP contribution in [0.15, 0.2) is 42.5 Å². The fourth-order valence-corrected chi connectivity index (χ4v) is 2.51. The van der Waals surface area contributed by atoms with E-state index in [0.717, 1.165) is 24.2 Å². The van der Waals surface area contributed by atoms with Crippen LogP contribution in [0.25, 0.3) is 0 Å². The van der Waals surface area contributed by atoms with E-state index >= 15 is 0 Å². The van der Waals surface area contributed by atoms with E-state index in [2.05, 4.69) is 19.9 Å². The Morgan fingerprint density at radius 3 is 2.57 bits per heavy atom. The number of hydrogen-bond acceptors (Lipinski definition) is 2. The van der Waals surface area contributed by atoms with Gasteiger partial charge in [-0.05, 0) is 54.6 Å². The van der Waals surface area contributed by atoms with Gasteiger partial charge in [-0.25, -0.2) is 0 Å². The van der Waals surface area contributed by atoms with E-state index < -0.39 is 0 Å². The molecule has 21 heavy (non-hydrogen) atoms. The van der Waals surface area contributed by atoms with Crippen LogP contribution in [0.3, 0.4) is 0 Å². The molecule has 0 bridgehead atoms. The average molecular weight is 304 g/mol. The number of hydrogen-bond donors (Lipinski definition) is 1. The van der Waals surface area contributed by atoms with Crippen molar-refractivity contribution in [1.29, 1.82) is 0 Å². The minimum absolute atomic E-state index is 0.455. The van der Waals surface area contributed by atoms with Gasteiger partial charge < -0.3 is 10.5 Å². The van der Waals surface area contributed by atoms with Crippen molar-refractivity contribution in [2.24, 2.45) is 5.73 Å². The summed E-state index contributed by atoms with van der Waals surface area (Å²) >= 11 is 6.32. The molecule has 2 N–H and O–H groups in total. The molecule has 0 fully saturated rings. The molecule has 2 rings (SSSR count). The number of benzene rings is 2. The third kappa shape index (κ3) is 3.99. The Morgan fingerprint density at radius 2 is 1.90 bits per heavy atom. The van der Waals surface area contributed by atoms with E-state index in [4.69, 9.17) is 22.1 Å². The maximum absolute atomic E-state index is 6.32. The standard InChI is InChI=1S/C18H22ClNO/c1-3-13(2)15-6-4-5-7-17(15)21-18-9-8-14(10-11-20)12-16(18)19/h4-9,12-13H,3,10-11,20H2,1-2H3. The monoisotopic (exact) mass is 303 g/mol. The van der Waals surface area contributed by atoms with Crippen LogP contribution in [0.4, 0.5) is 0 Å². The quantitative estimate of drug-likeness (QED) is 0.801. The Kier molecular flexibility index (Phi) is 5.66. The second-order valence-corrected chi connectivity index (χ2v) is 5.66. The van der Waals surface area contributed by atoms with Crippen LogP contribution < -0.4 is 10.5 Å². The number of ether oxygens (including phenoxy) is 1. The molecule has 0 aliphatic rings. The topological polar surface area (TPSA) is 35.2 Å². The third-order valence-corrected chi connectivity index (χ3v) is 4.01. The second-order valence-electron chi connectivity index (χ2n) is 5.25. The summed E-state index contributed by atoms with van der Waals surface area (Å²) in [6.07, 6.45) is 1.90. The van der Waals surface area contributed by atoms with E-state index in [1.807, 2.05) is 36.4 Å². The van der Waals surface area contributed by atoms with Crippen molar-refractivity contribution >= 4 is 11.6 Å². The van der Waals surface area contributed by atoms with Crippen LogP contribution in [0.2, 0.25) is 5.02 Å². The lowest BCUT2D eigenvalue weighted by molar-refractivity contribution is 0.470. The molecule has 2 nitrogen and oxygen atoms in total. The van der Waals surface area contributed by atoms with Crippen LogP contribution in [0.5, 0.6) is 11.5 Å². The summed E-state index contributed by atoms with van der Waals surface area (Å²) in [5, 5.41) is 0.625. The fourth-order valence-electron chi connectivity index (χ4n) is 2.27. The van der Waals surface area contributed by atoms with Crippen molar-refractivity contribution in [2.75, 3.05) is 6.54 Å². The summed E-state index contributed by atoms with van der Waals surface area (Å²) in [6.45, 7) is 5.00. The van der Waals surface area contributed by atoms with Gasteiger partial charge in [-0.15, -0.1) is 0 Å². The number of rotatable bonds is 6. The second kappa shape index (κ2) is 7.48. The molecule has 0 saturated carbocycles. The SMILES string of the molecule is CCC(C)c1ccccc1Oc1ccc(CCN)cc1Cl. The molecule has 1 atom stereocenters. The van der Waals surface area contributed by atoms with E-state index in [1.165, 1.54) is 5.56 Å². The average Bonchev–Trinajstić information content (AvgIpc) is 2.50. The van der Waals surface area contributed by atoms with Gasteiger partial charge in [0, 0.05) is 0 Å². The minimum atomic E-state index is 0.455. The zero-order valence-electron chi connectivity index (χ0n) is 12.6. The fraction of sp³-hybridized carbons (Fsp3) is 0.333. The van der Waals surface area contributed by atoms with Gasteiger partial charge in [0.1, 0.15) is 11.5 Å². The highest BCUT2D eigenvalue weighted by Gasteiger charge is 2.12. The summed E-state index contributed by atoms with van der Waals surface area (Å²) in [5.74, 6) is 2.02. The molecule has 112 valence electrons. The Hall–Kier alpha value is -1.51. The number of halogens is 1. The van der Waals surface area contributed by atoms with E-state index in [1.54, 1.807) is 0 Å². The van der Waals surface area contributed by atoms with Gasteiger partial charge in [-0.3, -0.25) is 0 Å². The molecule has 0 saturated heterocycles. The molecule has 2 aromatic rings. The zero-order valence-corrected chi connectivity index (χ0v) is 13.4. The van der Waals surface area contributed by atoms with Crippen molar-refractivity contribution in [3.8, 4) is 11.5 Å². The predicted octanol–water partition coefficient (Wildman–Crippen LogP) is 5.15. The molecule has 1 unspecified atom stereocenters. The van der Waals surface area contributed by atoms with Crippen LogP contribution >= 0.6 is 11.6 Å². The smallest absolute Gasteiger partial charge is 0.146 e. The molecule has 0 aliphatic heterocycles. The van der Waals surface area contributed by atoms with Crippen molar-refractivity contribution in [2.45, 2.75) is 32.6 Å². The lowest BCUT2D eigenvalue weighted by atomic mass is 9.98. The van der Waals surface area contributed by atoms with E-state index in [0.29, 0.717) is 23.2 Å².